The molecule has 3 N–H and O–H groups in total. The monoisotopic (exact) mass is 211 g/mol. The molecule has 0 aromatic heterocycles. The Labute approximate surface area is 87.1 Å². The lowest BCUT2D eigenvalue weighted by molar-refractivity contribution is 0.201. The minimum Gasteiger partial charge on any atom is -0.507 e. The Morgan fingerprint density at radius 2 is 2.07 bits per heavy atom. The van der Waals surface area contributed by atoms with Crippen LogP contribution in [-0.2, 0) is 0 Å². The Morgan fingerprint density at radius 1 is 1.29 bits per heavy atom. The van der Waals surface area contributed by atoms with Crippen LogP contribution in [-0.4, -0.2) is 34.7 Å². The van der Waals surface area contributed by atoms with Gasteiger partial charge in [-0.2, -0.15) is 0 Å². The van der Waals surface area contributed by atoms with Crippen LogP contribution in [0.15, 0.2) is 29.2 Å². The zero-order valence-corrected chi connectivity index (χ0v) is 8.50. The molecular formula is C10H13NO2S. The highest BCUT2D eigenvalue weighted by molar-refractivity contribution is 8.00. The predicted molar refractivity (Wildman–Crippen MR) is 56.6 cm³/mol. The first-order valence-electron chi connectivity index (χ1n) is 4.61. The van der Waals surface area contributed by atoms with Gasteiger partial charge in [0.2, 0.25) is 0 Å². The summed E-state index contributed by atoms with van der Waals surface area (Å²) < 4.78 is 0. The molecule has 76 valence electrons. The topological polar surface area (TPSA) is 52.5 Å². The van der Waals surface area contributed by atoms with Crippen LogP contribution < -0.4 is 5.32 Å². The lowest BCUT2D eigenvalue weighted by Gasteiger charge is -2.13. The number of nitrogens with one attached hydrogen (secondary N) is 1. The third-order valence-electron chi connectivity index (χ3n) is 2.27. The van der Waals surface area contributed by atoms with E-state index >= 15 is 0 Å². The summed E-state index contributed by atoms with van der Waals surface area (Å²) >= 11 is 1.52. The quantitative estimate of drug-likeness (QED) is 0.678. The van der Waals surface area contributed by atoms with Crippen molar-refractivity contribution >= 4 is 11.8 Å². The number of β-amino-alcohol motifs (C(OH)–C–C–N with tert-alkyl or cyclic N) is 1. The van der Waals surface area contributed by atoms with E-state index < -0.39 is 0 Å². The predicted octanol–water partition coefficient (Wildman–Crippen LogP) is 0.817. The van der Waals surface area contributed by atoms with Crippen LogP contribution >= 0.6 is 11.8 Å². The smallest absolute Gasteiger partial charge is 0.129 e. The van der Waals surface area contributed by atoms with Gasteiger partial charge in [0.1, 0.15) is 5.75 Å². The number of thioether (sulfide) groups is 1. The summed E-state index contributed by atoms with van der Waals surface area (Å²) in [6, 6.07) is 7.21. The van der Waals surface area contributed by atoms with Gasteiger partial charge in [0.15, 0.2) is 0 Å². The molecule has 0 saturated carbocycles. The fourth-order valence-electron chi connectivity index (χ4n) is 1.48. The normalized spacial score (nSPS) is 26.6. The van der Waals surface area contributed by atoms with Gasteiger partial charge in [-0.3, -0.25) is 0 Å². The minimum absolute atomic E-state index is 0.142. The number of aromatic hydroxyl groups is 1. The summed E-state index contributed by atoms with van der Waals surface area (Å²) in [7, 11) is 0. The van der Waals surface area contributed by atoms with Crippen molar-refractivity contribution in [1.29, 1.82) is 0 Å². The fraction of sp³-hybridized carbons (Fsp3) is 0.400. The number of aliphatic hydroxyl groups is 1. The van der Waals surface area contributed by atoms with Crippen LogP contribution in [0, 0.1) is 0 Å². The Kier molecular flexibility index (Phi) is 2.96. The van der Waals surface area contributed by atoms with E-state index in [4.69, 9.17) is 0 Å². The molecule has 3 nitrogen and oxygen atoms in total. The van der Waals surface area contributed by atoms with Crippen LogP contribution in [0.1, 0.15) is 0 Å². The SMILES string of the molecule is Oc1ccccc1SC1CNCC1O. The summed E-state index contributed by atoms with van der Waals surface area (Å²) in [6.07, 6.45) is -0.320. The van der Waals surface area contributed by atoms with Crippen molar-refractivity contribution in [2.75, 3.05) is 13.1 Å². The number of benzene rings is 1. The number of hydrogen-bond acceptors (Lipinski definition) is 4. The molecule has 1 aliphatic heterocycles. The number of phenolic OH excluding ortho intramolecular Hbond substituents is 1. The van der Waals surface area contributed by atoms with Gasteiger partial charge in [-0.15, -0.1) is 11.8 Å². The first-order valence-corrected chi connectivity index (χ1v) is 5.49. The fourth-order valence-corrected chi connectivity index (χ4v) is 2.61. The van der Waals surface area contributed by atoms with Crippen molar-refractivity contribution in [2.45, 2.75) is 16.2 Å². The molecule has 1 heterocycles. The molecule has 1 saturated heterocycles. The van der Waals surface area contributed by atoms with Gasteiger partial charge >= 0.3 is 0 Å². The van der Waals surface area contributed by atoms with E-state index in [1.807, 2.05) is 12.1 Å². The molecule has 2 unspecified atom stereocenters. The van der Waals surface area contributed by atoms with E-state index in [-0.39, 0.29) is 17.1 Å². The highest BCUT2D eigenvalue weighted by Gasteiger charge is 2.26. The van der Waals surface area contributed by atoms with Gasteiger partial charge in [0, 0.05) is 23.2 Å². The molecule has 0 radical (unpaired) electrons. The molecule has 2 rings (SSSR count). The third kappa shape index (κ3) is 2.03. The van der Waals surface area contributed by atoms with Crippen LogP contribution in [0.5, 0.6) is 5.75 Å². The second-order valence-electron chi connectivity index (χ2n) is 3.35. The molecule has 4 heteroatoms. The van der Waals surface area contributed by atoms with E-state index in [1.165, 1.54) is 11.8 Å². The maximum Gasteiger partial charge on any atom is 0.129 e. The lowest BCUT2D eigenvalue weighted by atomic mass is 10.3. The second kappa shape index (κ2) is 4.21. The number of hydrogen-bond donors (Lipinski definition) is 3. The van der Waals surface area contributed by atoms with Gasteiger partial charge in [-0.25, -0.2) is 0 Å². The van der Waals surface area contributed by atoms with E-state index in [0.29, 0.717) is 6.54 Å². The standard InChI is InChI=1S/C10H13NO2S/c12-7-3-1-2-4-9(7)14-10-6-11-5-8(10)13/h1-4,8,10-13H,5-6H2. The number of phenols is 1. The van der Waals surface area contributed by atoms with Crippen LogP contribution in [0.3, 0.4) is 0 Å². The molecule has 1 fully saturated rings. The van der Waals surface area contributed by atoms with Gasteiger partial charge < -0.3 is 15.5 Å². The first kappa shape index (κ1) is 9.83. The Hall–Kier alpha value is -0.710. The van der Waals surface area contributed by atoms with E-state index in [2.05, 4.69) is 5.32 Å². The van der Waals surface area contributed by atoms with Crippen molar-refractivity contribution in [1.82, 2.24) is 5.32 Å². The van der Waals surface area contributed by atoms with Crippen molar-refractivity contribution in [3.63, 3.8) is 0 Å². The molecular weight excluding hydrogens is 198 g/mol. The molecule has 0 bridgehead atoms. The van der Waals surface area contributed by atoms with Crippen LogP contribution in [0.25, 0.3) is 0 Å². The van der Waals surface area contributed by atoms with Crippen molar-refractivity contribution < 1.29 is 10.2 Å². The van der Waals surface area contributed by atoms with E-state index in [9.17, 15) is 10.2 Å². The Morgan fingerprint density at radius 3 is 2.71 bits per heavy atom. The maximum absolute atomic E-state index is 9.58. The average molecular weight is 211 g/mol. The second-order valence-corrected chi connectivity index (χ2v) is 4.63. The molecule has 1 aliphatic rings. The number of aliphatic hydroxyl groups excluding tert-OH is 1. The summed E-state index contributed by atoms with van der Waals surface area (Å²) in [4.78, 5) is 0.834. The van der Waals surface area contributed by atoms with Crippen LogP contribution in [0.4, 0.5) is 0 Å². The van der Waals surface area contributed by atoms with Gasteiger partial charge in [-0.05, 0) is 12.1 Å². The molecule has 0 spiro atoms. The summed E-state index contributed by atoms with van der Waals surface area (Å²) in [5, 5.41) is 22.4. The van der Waals surface area contributed by atoms with Gasteiger partial charge in [-0.1, -0.05) is 12.1 Å². The van der Waals surface area contributed by atoms with Crippen molar-refractivity contribution in [2.24, 2.45) is 0 Å². The summed E-state index contributed by atoms with van der Waals surface area (Å²) in [5.74, 6) is 0.289. The highest BCUT2D eigenvalue weighted by atomic mass is 32.2. The van der Waals surface area contributed by atoms with E-state index in [0.717, 1.165) is 11.4 Å². The summed E-state index contributed by atoms with van der Waals surface area (Å²) in [6.45, 7) is 1.44. The van der Waals surface area contributed by atoms with Crippen LogP contribution in [0.2, 0.25) is 0 Å². The third-order valence-corrected chi connectivity index (χ3v) is 3.65. The number of para-hydroxylation sites is 1. The molecule has 0 aliphatic carbocycles. The van der Waals surface area contributed by atoms with Gasteiger partial charge in [0.05, 0.1) is 6.10 Å². The summed E-state index contributed by atoms with van der Waals surface area (Å²) in [5.41, 5.74) is 0. The molecule has 0 amide bonds. The minimum atomic E-state index is -0.320. The van der Waals surface area contributed by atoms with Gasteiger partial charge in [0.25, 0.3) is 0 Å². The molecule has 14 heavy (non-hydrogen) atoms. The highest BCUT2D eigenvalue weighted by Crippen LogP contribution is 2.33. The average Bonchev–Trinajstić information content (AvgIpc) is 2.56. The molecule has 1 aromatic rings. The number of rotatable bonds is 2. The Bertz CT molecular complexity index is 319. The van der Waals surface area contributed by atoms with Crippen molar-refractivity contribution in [3.05, 3.63) is 24.3 Å². The van der Waals surface area contributed by atoms with E-state index in [1.54, 1.807) is 12.1 Å². The first-order chi connectivity index (χ1) is 6.77. The largest absolute Gasteiger partial charge is 0.507 e. The maximum atomic E-state index is 9.58. The lowest BCUT2D eigenvalue weighted by Crippen LogP contribution is -2.19. The molecule has 2 atom stereocenters. The Balaban J connectivity index is 2.07. The zero-order chi connectivity index (χ0) is 9.97. The van der Waals surface area contributed by atoms with Crippen molar-refractivity contribution in [3.8, 4) is 5.75 Å². The zero-order valence-electron chi connectivity index (χ0n) is 7.68. The molecule has 1 aromatic carbocycles.